The molecule has 1 heterocycles. The van der Waals surface area contributed by atoms with E-state index in [1.165, 1.54) is 0 Å². The predicted octanol–water partition coefficient (Wildman–Crippen LogP) is 1.71. The van der Waals surface area contributed by atoms with Crippen LogP contribution < -0.4 is 5.32 Å². The van der Waals surface area contributed by atoms with Crippen LogP contribution >= 0.6 is 0 Å². The molecule has 5 heteroatoms. The highest BCUT2D eigenvalue weighted by molar-refractivity contribution is 5.76. The molecule has 1 rings (SSSR count). The Morgan fingerprint density at radius 1 is 1.22 bits per heavy atom. The maximum Gasteiger partial charge on any atom is 0.303 e. The molecule has 0 aromatic rings. The van der Waals surface area contributed by atoms with Gasteiger partial charge >= 0.3 is 5.97 Å². The first-order valence-electron chi connectivity index (χ1n) is 6.68. The first-order chi connectivity index (χ1) is 8.58. The largest absolute Gasteiger partial charge is 0.481 e. The van der Waals surface area contributed by atoms with Crippen LogP contribution in [-0.4, -0.2) is 35.7 Å². The van der Waals surface area contributed by atoms with Crippen molar-refractivity contribution in [2.75, 3.05) is 13.2 Å². The van der Waals surface area contributed by atoms with Gasteiger partial charge in [-0.3, -0.25) is 9.59 Å². The van der Waals surface area contributed by atoms with Crippen LogP contribution in [0, 0.1) is 0 Å². The molecular weight excluding hydrogens is 234 g/mol. The Morgan fingerprint density at radius 3 is 2.39 bits per heavy atom. The molecule has 1 saturated heterocycles. The maximum atomic E-state index is 11.8. The number of aliphatic carboxylic acids is 1. The molecule has 2 N–H and O–H groups in total. The van der Waals surface area contributed by atoms with Crippen molar-refractivity contribution >= 4 is 11.9 Å². The molecule has 0 aliphatic carbocycles. The Kier molecular flexibility index (Phi) is 6.12. The summed E-state index contributed by atoms with van der Waals surface area (Å²) < 4.78 is 5.32. The van der Waals surface area contributed by atoms with Crippen LogP contribution in [0.4, 0.5) is 0 Å². The Balaban J connectivity index is 2.26. The molecule has 0 radical (unpaired) electrons. The highest BCUT2D eigenvalue weighted by atomic mass is 16.5. The summed E-state index contributed by atoms with van der Waals surface area (Å²) >= 11 is 0. The minimum atomic E-state index is -0.801. The molecule has 0 unspecified atom stereocenters. The van der Waals surface area contributed by atoms with Gasteiger partial charge in [0, 0.05) is 31.6 Å². The second-order valence-corrected chi connectivity index (χ2v) is 4.90. The fraction of sp³-hybridized carbons (Fsp3) is 0.846. The molecule has 104 valence electrons. The number of carboxylic acids is 1. The predicted molar refractivity (Wildman–Crippen MR) is 67.3 cm³/mol. The van der Waals surface area contributed by atoms with Crippen LogP contribution in [0.25, 0.3) is 0 Å². The summed E-state index contributed by atoms with van der Waals surface area (Å²) in [6.45, 7) is 3.48. The van der Waals surface area contributed by atoms with E-state index in [-0.39, 0.29) is 17.9 Å². The van der Waals surface area contributed by atoms with Gasteiger partial charge < -0.3 is 15.2 Å². The quantitative estimate of drug-likeness (QED) is 0.681. The molecule has 0 aromatic heterocycles. The number of nitrogens with one attached hydrogen (secondary N) is 1. The van der Waals surface area contributed by atoms with Crippen molar-refractivity contribution in [2.45, 2.75) is 57.4 Å². The van der Waals surface area contributed by atoms with Gasteiger partial charge in [-0.05, 0) is 32.1 Å². The minimum absolute atomic E-state index is 0.0316. The number of hydrogen-bond acceptors (Lipinski definition) is 3. The molecule has 0 aromatic carbocycles. The van der Waals surface area contributed by atoms with E-state index in [0.717, 1.165) is 19.3 Å². The van der Waals surface area contributed by atoms with Gasteiger partial charge in [0.05, 0.1) is 0 Å². The van der Waals surface area contributed by atoms with Gasteiger partial charge in [-0.15, -0.1) is 0 Å². The summed E-state index contributed by atoms with van der Waals surface area (Å²) in [5.41, 5.74) is -0.109. The molecule has 5 nitrogen and oxygen atoms in total. The lowest BCUT2D eigenvalue weighted by atomic mass is 9.87. The molecule has 18 heavy (non-hydrogen) atoms. The van der Waals surface area contributed by atoms with Crippen LogP contribution in [0.1, 0.15) is 51.9 Å². The fourth-order valence-electron chi connectivity index (χ4n) is 2.25. The zero-order chi connectivity index (χ0) is 13.4. The van der Waals surface area contributed by atoms with Crippen molar-refractivity contribution in [3.8, 4) is 0 Å². The molecule has 0 spiro atoms. The summed E-state index contributed by atoms with van der Waals surface area (Å²) in [6.07, 6.45) is 4.39. The number of ether oxygens (including phenoxy) is 1. The summed E-state index contributed by atoms with van der Waals surface area (Å²) in [6, 6.07) is 0. The van der Waals surface area contributed by atoms with Crippen molar-refractivity contribution in [2.24, 2.45) is 0 Å². The SMILES string of the molecule is CCC1(NC(=O)CCCCC(=O)O)CCOCC1. The third-order valence-corrected chi connectivity index (χ3v) is 3.58. The van der Waals surface area contributed by atoms with Crippen molar-refractivity contribution in [1.82, 2.24) is 5.32 Å². The molecule has 1 aliphatic heterocycles. The fourth-order valence-corrected chi connectivity index (χ4v) is 2.25. The van der Waals surface area contributed by atoms with Gasteiger partial charge in [0.15, 0.2) is 0 Å². The first kappa shape index (κ1) is 15.0. The van der Waals surface area contributed by atoms with Crippen molar-refractivity contribution in [3.05, 3.63) is 0 Å². The average Bonchev–Trinajstić information content (AvgIpc) is 2.35. The average molecular weight is 257 g/mol. The maximum absolute atomic E-state index is 11.8. The Morgan fingerprint density at radius 2 is 1.83 bits per heavy atom. The number of carbonyl (C=O) groups excluding carboxylic acids is 1. The van der Waals surface area contributed by atoms with Crippen molar-refractivity contribution in [3.63, 3.8) is 0 Å². The van der Waals surface area contributed by atoms with Gasteiger partial charge in [-0.25, -0.2) is 0 Å². The van der Waals surface area contributed by atoms with E-state index >= 15 is 0 Å². The standard InChI is InChI=1S/C13H23NO4/c1-2-13(7-9-18-10-8-13)14-11(15)5-3-4-6-12(16)17/h2-10H2,1H3,(H,14,15)(H,16,17). The second kappa shape index (κ2) is 7.36. The Labute approximate surface area is 108 Å². The highest BCUT2D eigenvalue weighted by Crippen LogP contribution is 2.24. The first-order valence-corrected chi connectivity index (χ1v) is 6.68. The summed E-state index contributed by atoms with van der Waals surface area (Å²) in [7, 11) is 0. The lowest BCUT2D eigenvalue weighted by Crippen LogP contribution is -2.51. The van der Waals surface area contributed by atoms with E-state index < -0.39 is 5.97 Å². The third-order valence-electron chi connectivity index (χ3n) is 3.58. The monoisotopic (exact) mass is 257 g/mol. The van der Waals surface area contributed by atoms with Crippen LogP contribution in [-0.2, 0) is 14.3 Å². The highest BCUT2D eigenvalue weighted by Gasteiger charge is 2.31. The topological polar surface area (TPSA) is 75.6 Å². The van der Waals surface area contributed by atoms with Crippen LogP contribution in [0.3, 0.4) is 0 Å². The van der Waals surface area contributed by atoms with E-state index in [0.29, 0.717) is 32.5 Å². The van der Waals surface area contributed by atoms with Crippen molar-refractivity contribution in [1.29, 1.82) is 0 Å². The van der Waals surface area contributed by atoms with E-state index in [1.54, 1.807) is 0 Å². The normalized spacial score (nSPS) is 18.3. The molecule has 1 fully saturated rings. The number of hydrogen-bond donors (Lipinski definition) is 2. The van der Waals surface area contributed by atoms with E-state index in [4.69, 9.17) is 9.84 Å². The van der Waals surface area contributed by atoms with E-state index in [9.17, 15) is 9.59 Å². The molecule has 0 saturated carbocycles. The number of unbranched alkanes of at least 4 members (excludes halogenated alkanes) is 1. The zero-order valence-electron chi connectivity index (χ0n) is 11.0. The minimum Gasteiger partial charge on any atom is -0.481 e. The van der Waals surface area contributed by atoms with E-state index in [1.807, 2.05) is 0 Å². The van der Waals surface area contributed by atoms with Gasteiger partial charge in [0.2, 0.25) is 5.91 Å². The summed E-state index contributed by atoms with van der Waals surface area (Å²) in [5, 5.41) is 11.6. The smallest absolute Gasteiger partial charge is 0.303 e. The molecular formula is C13H23NO4. The van der Waals surface area contributed by atoms with Crippen LogP contribution in [0.2, 0.25) is 0 Å². The van der Waals surface area contributed by atoms with Gasteiger partial charge in [-0.1, -0.05) is 6.92 Å². The van der Waals surface area contributed by atoms with Crippen molar-refractivity contribution < 1.29 is 19.4 Å². The van der Waals surface area contributed by atoms with Crippen LogP contribution in [0.15, 0.2) is 0 Å². The third kappa shape index (κ3) is 5.04. The number of carboxylic acid groups (broad SMARTS) is 1. The zero-order valence-corrected chi connectivity index (χ0v) is 11.0. The van der Waals surface area contributed by atoms with E-state index in [2.05, 4.69) is 12.2 Å². The molecule has 0 atom stereocenters. The number of carbonyl (C=O) groups is 2. The summed E-state index contributed by atoms with van der Waals surface area (Å²) in [5.74, 6) is -0.769. The molecule has 0 bridgehead atoms. The number of rotatable bonds is 7. The Bertz CT molecular complexity index is 285. The van der Waals surface area contributed by atoms with Gasteiger partial charge in [-0.2, -0.15) is 0 Å². The van der Waals surface area contributed by atoms with Gasteiger partial charge in [0.1, 0.15) is 0 Å². The summed E-state index contributed by atoms with van der Waals surface area (Å²) in [4.78, 5) is 22.2. The lowest BCUT2D eigenvalue weighted by molar-refractivity contribution is -0.137. The van der Waals surface area contributed by atoms with Crippen LogP contribution in [0.5, 0.6) is 0 Å². The molecule has 1 amide bonds. The van der Waals surface area contributed by atoms with Gasteiger partial charge in [0.25, 0.3) is 0 Å². The molecule has 1 aliphatic rings. The second-order valence-electron chi connectivity index (χ2n) is 4.90. The number of amides is 1. The lowest BCUT2D eigenvalue weighted by Gasteiger charge is -2.37. The Hall–Kier alpha value is -1.10.